The summed E-state index contributed by atoms with van der Waals surface area (Å²) in [5.41, 5.74) is 2.73. The zero-order valence-corrected chi connectivity index (χ0v) is 20.2. The van der Waals surface area contributed by atoms with Crippen LogP contribution in [0.3, 0.4) is 0 Å². The molecule has 35 heavy (non-hydrogen) atoms. The van der Waals surface area contributed by atoms with E-state index in [1.807, 2.05) is 17.9 Å². The third kappa shape index (κ3) is 5.87. The SMILES string of the molecule is Cc1c(CN2CCN(C(=O)C3CCOCC3)[C@@H](C)C2)cc(F)cc1NC(=O)c1cccc(C#N)c1. The fourth-order valence-corrected chi connectivity index (χ4v) is 4.88. The average Bonchev–Trinajstić information content (AvgIpc) is 2.87. The van der Waals surface area contributed by atoms with Gasteiger partial charge in [-0.15, -0.1) is 0 Å². The molecule has 2 heterocycles. The van der Waals surface area contributed by atoms with Crippen LogP contribution in [0.4, 0.5) is 10.1 Å². The first-order valence-corrected chi connectivity index (χ1v) is 12.1. The van der Waals surface area contributed by atoms with Gasteiger partial charge >= 0.3 is 0 Å². The second-order valence-electron chi connectivity index (χ2n) is 9.39. The summed E-state index contributed by atoms with van der Waals surface area (Å²) in [4.78, 5) is 29.9. The zero-order chi connectivity index (χ0) is 24.9. The number of nitrogens with one attached hydrogen (secondary N) is 1. The molecule has 0 bridgehead atoms. The van der Waals surface area contributed by atoms with Gasteiger partial charge in [-0.3, -0.25) is 14.5 Å². The third-order valence-electron chi connectivity index (χ3n) is 6.94. The van der Waals surface area contributed by atoms with Crippen molar-refractivity contribution >= 4 is 17.5 Å². The summed E-state index contributed by atoms with van der Waals surface area (Å²) in [6, 6.07) is 11.3. The Balaban J connectivity index is 1.42. The van der Waals surface area contributed by atoms with Crippen molar-refractivity contribution in [2.45, 2.75) is 39.3 Å². The fourth-order valence-electron chi connectivity index (χ4n) is 4.88. The molecule has 0 radical (unpaired) electrons. The van der Waals surface area contributed by atoms with Crippen LogP contribution in [-0.2, 0) is 16.1 Å². The maximum atomic E-state index is 14.5. The Bertz CT molecular complexity index is 1140. The van der Waals surface area contributed by atoms with Gasteiger partial charge in [-0.2, -0.15) is 5.26 Å². The Kier molecular flexibility index (Phi) is 7.79. The summed E-state index contributed by atoms with van der Waals surface area (Å²) in [5, 5.41) is 11.9. The fraction of sp³-hybridized carbons (Fsp3) is 0.444. The number of amides is 2. The number of benzene rings is 2. The highest BCUT2D eigenvalue weighted by Crippen LogP contribution is 2.26. The minimum atomic E-state index is -0.423. The summed E-state index contributed by atoms with van der Waals surface area (Å²) in [6.45, 7) is 7.79. The van der Waals surface area contributed by atoms with Gasteiger partial charge in [0.1, 0.15) is 5.82 Å². The van der Waals surface area contributed by atoms with Crippen LogP contribution in [0, 0.1) is 30.0 Å². The van der Waals surface area contributed by atoms with Gasteiger partial charge < -0.3 is 15.0 Å². The topological polar surface area (TPSA) is 85.7 Å². The first-order chi connectivity index (χ1) is 16.9. The van der Waals surface area contributed by atoms with E-state index in [9.17, 15) is 14.0 Å². The number of carbonyl (C=O) groups is 2. The minimum absolute atomic E-state index is 0.0447. The summed E-state index contributed by atoms with van der Waals surface area (Å²) in [7, 11) is 0. The van der Waals surface area contributed by atoms with E-state index in [4.69, 9.17) is 10.00 Å². The van der Waals surface area contributed by atoms with Crippen LogP contribution in [0.5, 0.6) is 0 Å². The monoisotopic (exact) mass is 478 g/mol. The highest BCUT2D eigenvalue weighted by atomic mass is 19.1. The normalized spacial score (nSPS) is 19.3. The molecule has 0 spiro atoms. The van der Waals surface area contributed by atoms with Gasteiger partial charge in [0.25, 0.3) is 5.91 Å². The summed E-state index contributed by atoms with van der Waals surface area (Å²) >= 11 is 0. The van der Waals surface area contributed by atoms with Crippen LogP contribution in [0.2, 0.25) is 0 Å². The van der Waals surface area contributed by atoms with Gasteiger partial charge in [0.2, 0.25) is 5.91 Å². The first kappa shape index (κ1) is 24.8. The van der Waals surface area contributed by atoms with Gasteiger partial charge in [-0.1, -0.05) is 6.07 Å². The van der Waals surface area contributed by atoms with E-state index in [0.29, 0.717) is 56.2 Å². The molecule has 2 amide bonds. The molecule has 184 valence electrons. The third-order valence-corrected chi connectivity index (χ3v) is 6.94. The molecule has 4 rings (SSSR count). The Morgan fingerprint density at radius 3 is 2.69 bits per heavy atom. The Labute approximate surface area is 205 Å². The number of ether oxygens (including phenoxy) is 1. The van der Waals surface area contributed by atoms with Crippen molar-refractivity contribution in [2.24, 2.45) is 5.92 Å². The molecule has 1 atom stereocenters. The van der Waals surface area contributed by atoms with Gasteiger partial charge in [-0.05, 0) is 68.1 Å². The molecular formula is C27H31FN4O3. The maximum Gasteiger partial charge on any atom is 0.255 e. The Morgan fingerprint density at radius 1 is 1.20 bits per heavy atom. The zero-order valence-electron chi connectivity index (χ0n) is 20.2. The number of piperazine rings is 1. The number of hydrogen-bond acceptors (Lipinski definition) is 5. The van der Waals surface area contributed by atoms with Crippen molar-refractivity contribution < 1.29 is 18.7 Å². The van der Waals surface area contributed by atoms with E-state index in [1.165, 1.54) is 18.2 Å². The Hall–Kier alpha value is -3.28. The summed E-state index contributed by atoms with van der Waals surface area (Å²) in [6.07, 6.45) is 1.56. The summed E-state index contributed by atoms with van der Waals surface area (Å²) < 4.78 is 19.9. The van der Waals surface area contributed by atoms with Gasteiger partial charge in [0.05, 0.1) is 11.6 Å². The van der Waals surface area contributed by atoms with E-state index in [2.05, 4.69) is 17.1 Å². The molecule has 0 saturated carbocycles. The van der Waals surface area contributed by atoms with Crippen LogP contribution in [-0.4, -0.2) is 60.5 Å². The molecular weight excluding hydrogens is 447 g/mol. The molecule has 2 aromatic carbocycles. The lowest BCUT2D eigenvalue weighted by atomic mass is 9.97. The molecule has 7 nitrogen and oxygen atoms in total. The van der Waals surface area contributed by atoms with E-state index in [0.717, 1.165) is 24.0 Å². The number of rotatable bonds is 5. The lowest BCUT2D eigenvalue weighted by molar-refractivity contribution is -0.143. The highest BCUT2D eigenvalue weighted by molar-refractivity contribution is 6.04. The molecule has 2 fully saturated rings. The molecule has 2 saturated heterocycles. The summed E-state index contributed by atoms with van der Waals surface area (Å²) in [5.74, 6) is -0.556. The van der Waals surface area contributed by atoms with Gasteiger partial charge in [-0.25, -0.2) is 4.39 Å². The van der Waals surface area contributed by atoms with Crippen molar-refractivity contribution in [1.29, 1.82) is 5.26 Å². The van der Waals surface area contributed by atoms with Crippen LogP contribution in [0.15, 0.2) is 36.4 Å². The lowest BCUT2D eigenvalue weighted by Gasteiger charge is -2.42. The molecule has 2 aromatic rings. The second-order valence-corrected chi connectivity index (χ2v) is 9.39. The van der Waals surface area contributed by atoms with E-state index in [-0.39, 0.29) is 17.9 Å². The molecule has 1 N–H and O–H groups in total. The first-order valence-electron chi connectivity index (χ1n) is 12.1. The largest absolute Gasteiger partial charge is 0.381 e. The van der Waals surface area contributed by atoms with Crippen molar-refractivity contribution in [2.75, 3.05) is 38.2 Å². The molecule has 0 aromatic heterocycles. The molecule has 0 unspecified atom stereocenters. The number of anilines is 1. The number of hydrogen-bond donors (Lipinski definition) is 1. The second kappa shape index (κ2) is 11.0. The van der Waals surface area contributed by atoms with Gasteiger partial charge in [0.15, 0.2) is 0 Å². The standard InChI is InChI=1S/C27H31FN4O3/c1-18-16-31(8-9-32(18)27(34)21-6-10-35-11-7-21)17-23-13-24(28)14-25(19(23)2)30-26(33)22-5-3-4-20(12-22)15-29/h3-5,12-14,18,21H,6-11,16-17H2,1-2H3,(H,30,33)/t18-/m0/s1. The van der Waals surface area contributed by atoms with Crippen molar-refractivity contribution in [3.63, 3.8) is 0 Å². The smallest absolute Gasteiger partial charge is 0.255 e. The molecule has 2 aliphatic rings. The van der Waals surface area contributed by atoms with Crippen LogP contribution >= 0.6 is 0 Å². The van der Waals surface area contributed by atoms with E-state index >= 15 is 0 Å². The van der Waals surface area contributed by atoms with E-state index in [1.54, 1.807) is 18.2 Å². The van der Waals surface area contributed by atoms with Gasteiger partial charge in [0, 0.05) is 62.6 Å². The number of halogens is 1. The van der Waals surface area contributed by atoms with Crippen molar-refractivity contribution in [3.8, 4) is 6.07 Å². The Morgan fingerprint density at radius 2 is 1.97 bits per heavy atom. The molecule has 8 heteroatoms. The maximum absolute atomic E-state index is 14.5. The average molecular weight is 479 g/mol. The molecule has 0 aliphatic carbocycles. The number of nitrogens with zero attached hydrogens (tertiary/aromatic N) is 3. The van der Waals surface area contributed by atoms with Crippen LogP contribution in [0.1, 0.15) is 46.8 Å². The highest BCUT2D eigenvalue weighted by Gasteiger charge is 2.32. The van der Waals surface area contributed by atoms with E-state index < -0.39 is 11.7 Å². The van der Waals surface area contributed by atoms with Crippen LogP contribution < -0.4 is 5.32 Å². The predicted molar refractivity (Wildman–Crippen MR) is 130 cm³/mol. The minimum Gasteiger partial charge on any atom is -0.381 e. The quantitative estimate of drug-likeness (QED) is 0.708. The van der Waals surface area contributed by atoms with Crippen molar-refractivity contribution in [1.82, 2.24) is 9.80 Å². The predicted octanol–water partition coefficient (Wildman–Crippen LogP) is 3.72. The lowest BCUT2D eigenvalue weighted by Crippen LogP contribution is -2.55. The molecule has 2 aliphatic heterocycles. The number of nitriles is 1. The van der Waals surface area contributed by atoms with Crippen molar-refractivity contribution in [3.05, 3.63) is 64.5 Å². The van der Waals surface area contributed by atoms with Crippen LogP contribution in [0.25, 0.3) is 0 Å². The number of carbonyl (C=O) groups excluding carboxylic acids is 2.